The van der Waals surface area contributed by atoms with Gasteiger partial charge in [-0.25, -0.2) is 4.39 Å². The standard InChI is InChI=1S/C8H5BrF4O/c9-6-1-4(8(11,12)13)2-7(10)5(6)3-14/h1-2,14H,3H2. The molecule has 1 aromatic rings. The van der Waals surface area contributed by atoms with Gasteiger partial charge in [-0.15, -0.1) is 0 Å². The highest BCUT2D eigenvalue weighted by molar-refractivity contribution is 9.10. The van der Waals surface area contributed by atoms with Crippen LogP contribution in [0.1, 0.15) is 11.1 Å². The molecular formula is C8H5BrF4O. The zero-order chi connectivity index (χ0) is 10.9. The Labute approximate surface area is 85.5 Å². The van der Waals surface area contributed by atoms with Gasteiger partial charge in [0.05, 0.1) is 12.2 Å². The minimum Gasteiger partial charge on any atom is -0.392 e. The Morgan fingerprint density at radius 3 is 2.21 bits per heavy atom. The highest BCUT2D eigenvalue weighted by atomic mass is 79.9. The van der Waals surface area contributed by atoms with E-state index in [4.69, 9.17) is 5.11 Å². The van der Waals surface area contributed by atoms with Crippen LogP contribution in [0.4, 0.5) is 17.6 Å². The first-order chi connectivity index (χ1) is 6.36. The van der Waals surface area contributed by atoms with Crippen LogP contribution in [0.15, 0.2) is 16.6 Å². The number of aliphatic hydroxyl groups excluding tert-OH is 1. The molecule has 0 atom stereocenters. The number of benzene rings is 1. The third kappa shape index (κ3) is 2.24. The van der Waals surface area contributed by atoms with E-state index in [9.17, 15) is 17.6 Å². The van der Waals surface area contributed by atoms with E-state index in [1.165, 1.54) is 0 Å². The van der Waals surface area contributed by atoms with Crippen LogP contribution in [0.25, 0.3) is 0 Å². The van der Waals surface area contributed by atoms with E-state index in [1.54, 1.807) is 0 Å². The van der Waals surface area contributed by atoms with Gasteiger partial charge in [0.15, 0.2) is 0 Å². The number of hydrogen-bond acceptors (Lipinski definition) is 1. The van der Waals surface area contributed by atoms with Gasteiger partial charge < -0.3 is 5.11 Å². The summed E-state index contributed by atoms with van der Waals surface area (Å²) in [6.07, 6.45) is -4.59. The molecule has 0 saturated carbocycles. The first-order valence-corrected chi connectivity index (χ1v) is 4.31. The van der Waals surface area contributed by atoms with E-state index in [2.05, 4.69) is 15.9 Å². The van der Waals surface area contributed by atoms with Crippen molar-refractivity contribution in [2.24, 2.45) is 0 Å². The summed E-state index contributed by atoms with van der Waals surface area (Å²) < 4.78 is 49.3. The van der Waals surface area contributed by atoms with Crippen molar-refractivity contribution in [1.82, 2.24) is 0 Å². The lowest BCUT2D eigenvalue weighted by atomic mass is 10.1. The van der Waals surface area contributed by atoms with Crippen molar-refractivity contribution in [3.05, 3.63) is 33.5 Å². The van der Waals surface area contributed by atoms with E-state index >= 15 is 0 Å². The molecule has 6 heteroatoms. The second-order valence-electron chi connectivity index (χ2n) is 2.57. The maximum absolute atomic E-state index is 13.0. The molecule has 0 fully saturated rings. The maximum atomic E-state index is 13.0. The molecule has 0 spiro atoms. The monoisotopic (exact) mass is 272 g/mol. The summed E-state index contributed by atoms with van der Waals surface area (Å²) in [5.74, 6) is -1.07. The molecule has 0 heterocycles. The summed E-state index contributed by atoms with van der Waals surface area (Å²) in [4.78, 5) is 0. The van der Waals surface area contributed by atoms with Crippen LogP contribution in [0.3, 0.4) is 0 Å². The molecule has 1 N–H and O–H groups in total. The van der Waals surface area contributed by atoms with Gasteiger partial charge in [0.1, 0.15) is 5.82 Å². The molecule has 0 bridgehead atoms. The van der Waals surface area contributed by atoms with Crippen LogP contribution in [0.2, 0.25) is 0 Å². The molecule has 0 aliphatic carbocycles. The second kappa shape index (κ2) is 3.86. The zero-order valence-electron chi connectivity index (χ0n) is 6.70. The highest BCUT2D eigenvalue weighted by Crippen LogP contribution is 2.33. The van der Waals surface area contributed by atoms with Crippen molar-refractivity contribution >= 4 is 15.9 Å². The molecule has 0 saturated heterocycles. The lowest BCUT2D eigenvalue weighted by Crippen LogP contribution is -2.07. The molecule has 0 unspecified atom stereocenters. The number of alkyl halides is 3. The average molecular weight is 273 g/mol. The number of halogens is 5. The lowest BCUT2D eigenvalue weighted by molar-refractivity contribution is -0.137. The van der Waals surface area contributed by atoms with Gasteiger partial charge in [-0.2, -0.15) is 13.2 Å². The van der Waals surface area contributed by atoms with Crippen LogP contribution >= 0.6 is 15.9 Å². The van der Waals surface area contributed by atoms with Crippen molar-refractivity contribution in [2.75, 3.05) is 0 Å². The van der Waals surface area contributed by atoms with Crippen molar-refractivity contribution < 1.29 is 22.7 Å². The van der Waals surface area contributed by atoms with Gasteiger partial charge in [0.25, 0.3) is 0 Å². The normalized spacial score (nSPS) is 11.9. The molecule has 0 radical (unpaired) electrons. The quantitative estimate of drug-likeness (QED) is 0.779. The van der Waals surface area contributed by atoms with E-state index in [-0.39, 0.29) is 10.0 Å². The molecule has 14 heavy (non-hydrogen) atoms. The third-order valence-corrected chi connectivity index (χ3v) is 2.33. The molecular weight excluding hydrogens is 268 g/mol. The van der Waals surface area contributed by atoms with Crippen LogP contribution < -0.4 is 0 Å². The third-order valence-electron chi connectivity index (χ3n) is 1.63. The highest BCUT2D eigenvalue weighted by Gasteiger charge is 2.32. The first kappa shape index (κ1) is 11.5. The van der Waals surface area contributed by atoms with Crippen molar-refractivity contribution in [2.45, 2.75) is 12.8 Å². The number of hydrogen-bond donors (Lipinski definition) is 1. The average Bonchev–Trinajstić information content (AvgIpc) is 2.01. The fraction of sp³-hybridized carbons (Fsp3) is 0.250. The van der Waals surface area contributed by atoms with Gasteiger partial charge in [-0.05, 0) is 12.1 Å². The van der Waals surface area contributed by atoms with Gasteiger partial charge in [0, 0.05) is 10.0 Å². The van der Waals surface area contributed by atoms with Gasteiger partial charge >= 0.3 is 6.18 Å². The Bertz CT molecular complexity index is 325. The van der Waals surface area contributed by atoms with Gasteiger partial charge in [-0.1, -0.05) is 15.9 Å². The lowest BCUT2D eigenvalue weighted by Gasteiger charge is -2.09. The second-order valence-corrected chi connectivity index (χ2v) is 3.43. The summed E-state index contributed by atoms with van der Waals surface area (Å²) in [6.45, 7) is -0.648. The van der Waals surface area contributed by atoms with E-state index in [0.29, 0.717) is 6.07 Å². The van der Waals surface area contributed by atoms with Crippen LogP contribution in [0, 0.1) is 5.82 Å². The fourth-order valence-electron chi connectivity index (χ4n) is 0.918. The van der Waals surface area contributed by atoms with Crippen LogP contribution in [-0.2, 0) is 12.8 Å². The van der Waals surface area contributed by atoms with Gasteiger partial charge in [0.2, 0.25) is 0 Å². The Kier molecular flexibility index (Phi) is 3.16. The maximum Gasteiger partial charge on any atom is 0.416 e. The van der Waals surface area contributed by atoms with Crippen molar-refractivity contribution in [3.63, 3.8) is 0 Å². The molecule has 1 rings (SSSR count). The predicted octanol–water partition coefficient (Wildman–Crippen LogP) is 3.10. The van der Waals surface area contributed by atoms with Gasteiger partial charge in [-0.3, -0.25) is 0 Å². The molecule has 0 amide bonds. The van der Waals surface area contributed by atoms with E-state index < -0.39 is 24.2 Å². The fourth-order valence-corrected chi connectivity index (χ4v) is 1.48. The summed E-state index contributed by atoms with van der Waals surface area (Å²) in [6, 6.07) is 1.09. The molecule has 0 aromatic heterocycles. The SMILES string of the molecule is OCc1c(F)cc(C(F)(F)F)cc1Br. The Hall–Kier alpha value is -0.620. The number of rotatable bonds is 1. The zero-order valence-corrected chi connectivity index (χ0v) is 8.28. The van der Waals surface area contributed by atoms with Crippen LogP contribution in [-0.4, -0.2) is 5.11 Å². The minimum absolute atomic E-state index is 0.0904. The Balaban J connectivity index is 3.28. The Morgan fingerprint density at radius 1 is 1.29 bits per heavy atom. The Morgan fingerprint density at radius 2 is 1.86 bits per heavy atom. The summed E-state index contributed by atoms with van der Waals surface area (Å²) in [5.41, 5.74) is -1.27. The van der Waals surface area contributed by atoms with Crippen molar-refractivity contribution in [3.8, 4) is 0 Å². The van der Waals surface area contributed by atoms with Crippen molar-refractivity contribution in [1.29, 1.82) is 0 Å². The molecule has 0 aliphatic heterocycles. The topological polar surface area (TPSA) is 20.2 Å². The van der Waals surface area contributed by atoms with Crippen LogP contribution in [0.5, 0.6) is 0 Å². The largest absolute Gasteiger partial charge is 0.416 e. The predicted molar refractivity (Wildman–Crippen MR) is 45.0 cm³/mol. The molecule has 0 aliphatic rings. The molecule has 1 aromatic carbocycles. The smallest absolute Gasteiger partial charge is 0.392 e. The molecule has 78 valence electrons. The van der Waals surface area contributed by atoms with E-state index in [1.807, 2.05) is 0 Å². The molecule has 1 nitrogen and oxygen atoms in total. The number of aliphatic hydroxyl groups is 1. The summed E-state index contributed by atoms with van der Waals surface area (Å²) in [7, 11) is 0. The summed E-state index contributed by atoms with van der Waals surface area (Å²) in [5, 5.41) is 8.64. The minimum atomic E-state index is -4.59. The summed E-state index contributed by atoms with van der Waals surface area (Å²) >= 11 is 2.75. The first-order valence-electron chi connectivity index (χ1n) is 3.52. The van der Waals surface area contributed by atoms with E-state index in [0.717, 1.165) is 6.07 Å².